The van der Waals surface area contributed by atoms with Crippen molar-refractivity contribution in [2.24, 2.45) is 0 Å². The maximum absolute atomic E-state index is 13.2. The molecule has 0 spiro atoms. The average Bonchev–Trinajstić information content (AvgIpc) is 1.51. The normalized spacial score (nSPS) is 11.2. The number of hydrogen-bond acceptors (Lipinski definition) is 21. The van der Waals surface area contributed by atoms with Gasteiger partial charge in [-0.2, -0.15) is 0 Å². The van der Waals surface area contributed by atoms with Crippen LogP contribution in [0, 0.1) is 0 Å². The highest BCUT2D eigenvalue weighted by Gasteiger charge is 2.31. The number of aromatic nitrogens is 1. The van der Waals surface area contributed by atoms with Crippen molar-refractivity contribution in [3.8, 4) is 57.5 Å². The zero-order valence-corrected chi connectivity index (χ0v) is 50.4. The molecule has 0 radical (unpaired) electrons. The van der Waals surface area contributed by atoms with Crippen molar-refractivity contribution in [2.75, 3.05) is 35.5 Å². The molecule has 0 fully saturated rings. The van der Waals surface area contributed by atoms with Gasteiger partial charge in [0.25, 0.3) is 0 Å². The number of carbonyl (C=O) groups excluding carboxylic acids is 6. The summed E-state index contributed by atoms with van der Waals surface area (Å²) in [6.45, 7) is 18.4. The molecular weight excluding hydrogens is 1170 g/mol. The molecule has 3 N–H and O–H groups in total. The minimum absolute atomic E-state index is 0.0885. The Bertz CT molecular complexity index is 3480. The zero-order chi connectivity index (χ0) is 66.1. The molecule has 3 atom stereocenters. The fraction of sp³-hybridized carbons (Fsp3) is 0.235. The molecular formula is C68H71NO21. The second kappa shape index (κ2) is 37.7. The van der Waals surface area contributed by atoms with Gasteiger partial charge in [-0.1, -0.05) is 60.7 Å². The van der Waals surface area contributed by atoms with E-state index in [9.17, 15) is 38.7 Å². The number of pyridine rings is 1. The van der Waals surface area contributed by atoms with Crippen molar-refractivity contribution in [3.05, 3.63) is 212 Å². The molecule has 0 saturated heterocycles. The Morgan fingerprint density at radius 2 is 0.733 bits per heavy atom. The summed E-state index contributed by atoms with van der Waals surface area (Å²) in [5.74, 6) is -4.50. The number of carboxylic acids is 1. The fourth-order valence-electron chi connectivity index (χ4n) is 7.78. The van der Waals surface area contributed by atoms with Crippen LogP contribution in [0.15, 0.2) is 179 Å². The average molecular weight is 1240 g/mol. The van der Waals surface area contributed by atoms with E-state index in [1.165, 1.54) is 60.1 Å². The number of aliphatic hydroxyl groups is 2. The van der Waals surface area contributed by atoms with Crippen LogP contribution < -0.4 is 47.4 Å². The Balaban J connectivity index is 0.000000304. The highest BCUT2D eigenvalue weighted by molar-refractivity contribution is 5.93. The van der Waals surface area contributed by atoms with Crippen molar-refractivity contribution < 1.29 is 101 Å². The second-order valence-corrected chi connectivity index (χ2v) is 18.8. The number of benzene rings is 5. The fourth-order valence-corrected chi connectivity index (χ4v) is 7.78. The van der Waals surface area contributed by atoms with Crippen LogP contribution in [0.4, 0.5) is 0 Å². The van der Waals surface area contributed by atoms with Crippen LogP contribution in [-0.2, 0) is 65.6 Å². The lowest BCUT2D eigenvalue weighted by atomic mass is 10.1. The van der Waals surface area contributed by atoms with Gasteiger partial charge < -0.3 is 67.4 Å². The topological polar surface area (TPSA) is 295 Å². The molecule has 0 aliphatic rings. The molecule has 0 aliphatic heterocycles. The summed E-state index contributed by atoms with van der Waals surface area (Å²) in [5.41, 5.74) is 4.67. The van der Waals surface area contributed by atoms with Crippen molar-refractivity contribution in [2.45, 2.75) is 69.7 Å². The van der Waals surface area contributed by atoms with E-state index in [4.69, 9.17) is 62.3 Å². The van der Waals surface area contributed by atoms with Gasteiger partial charge in [-0.3, -0.25) is 19.4 Å². The second-order valence-electron chi connectivity index (χ2n) is 18.8. The summed E-state index contributed by atoms with van der Waals surface area (Å²) >= 11 is 0. The number of carbonyl (C=O) groups is 7. The van der Waals surface area contributed by atoms with Gasteiger partial charge in [0.15, 0.2) is 69.7 Å². The number of hydrogen-bond donors (Lipinski definition) is 3. The Kier molecular flexibility index (Phi) is 30.0. The van der Waals surface area contributed by atoms with Crippen LogP contribution >= 0.6 is 0 Å². The lowest BCUT2D eigenvalue weighted by molar-refractivity contribution is -0.152. The van der Waals surface area contributed by atoms with Crippen molar-refractivity contribution in [1.82, 2.24) is 4.98 Å². The molecule has 0 aliphatic carbocycles. The number of aliphatic hydroxyl groups excluding tert-OH is 2. The summed E-state index contributed by atoms with van der Waals surface area (Å²) in [4.78, 5) is 89.0. The predicted molar refractivity (Wildman–Crippen MR) is 330 cm³/mol. The van der Waals surface area contributed by atoms with E-state index in [0.29, 0.717) is 55.1 Å². The Labute approximate surface area is 520 Å². The molecule has 0 bridgehead atoms. The van der Waals surface area contributed by atoms with Crippen LogP contribution in [0.1, 0.15) is 57.4 Å². The van der Waals surface area contributed by atoms with Gasteiger partial charge in [0.05, 0.1) is 60.4 Å². The van der Waals surface area contributed by atoms with Gasteiger partial charge >= 0.3 is 41.8 Å². The number of carboxylic acid groups (broad SMARTS) is 1. The molecule has 6 rings (SSSR count). The van der Waals surface area contributed by atoms with Gasteiger partial charge in [-0.05, 0) is 133 Å². The monoisotopic (exact) mass is 1240 g/mol. The summed E-state index contributed by atoms with van der Waals surface area (Å²) < 4.78 is 57.9. The molecule has 0 saturated carbocycles. The first kappa shape index (κ1) is 71.6. The number of esters is 6. The van der Waals surface area contributed by atoms with Crippen molar-refractivity contribution >= 4 is 41.8 Å². The van der Waals surface area contributed by atoms with Gasteiger partial charge in [0.1, 0.15) is 0 Å². The number of ether oxygens (including phenoxy) is 11. The summed E-state index contributed by atoms with van der Waals surface area (Å²) in [7, 11) is 7.18. The minimum Gasteiger partial charge on any atom is -0.493 e. The number of allylic oxidation sites excluding steroid dienone is 5. The predicted octanol–water partition coefficient (Wildman–Crippen LogP) is 9.27. The Morgan fingerprint density at radius 1 is 0.422 bits per heavy atom. The maximum Gasteiger partial charge on any atom is 0.353 e. The minimum atomic E-state index is -1.78. The first-order chi connectivity index (χ1) is 43.3. The van der Waals surface area contributed by atoms with E-state index >= 15 is 0 Å². The molecule has 22 heteroatoms. The summed E-state index contributed by atoms with van der Waals surface area (Å²) in [6.07, 6.45) is 7.52. The highest BCUT2D eigenvalue weighted by atomic mass is 16.6. The molecule has 6 aromatic rings. The zero-order valence-electron chi connectivity index (χ0n) is 50.4. The van der Waals surface area contributed by atoms with E-state index in [-0.39, 0.29) is 40.1 Å². The third-order valence-corrected chi connectivity index (χ3v) is 12.2. The van der Waals surface area contributed by atoms with E-state index in [1.807, 2.05) is 0 Å². The van der Waals surface area contributed by atoms with Crippen molar-refractivity contribution in [1.29, 1.82) is 0 Å². The van der Waals surface area contributed by atoms with E-state index in [1.54, 1.807) is 121 Å². The SMILES string of the molecule is C=CCc1ccc(OC(=O)C[C@H](O)C(=O)O)c(OC)c1.C=CCc1ccc(OC(=O)C[C@H](O)C(=O)Oc2ccc(CC=C)cc2OC)c(OC)c1.C=CCc1ccc(OC(=O)C[C@H](OC(=O)c2cccnc2)C(=O)Oc2ccc(CC=C)cc2OC)c(OC)c1. The van der Waals surface area contributed by atoms with E-state index in [0.717, 1.165) is 27.8 Å². The number of nitrogens with zero attached hydrogens (tertiary/aromatic N) is 1. The summed E-state index contributed by atoms with van der Waals surface area (Å²) in [5, 5.41) is 27.7. The molecule has 5 aromatic carbocycles. The molecule has 474 valence electrons. The van der Waals surface area contributed by atoms with Gasteiger partial charge in [-0.25, -0.2) is 19.2 Å². The lowest BCUT2D eigenvalue weighted by Crippen LogP contribution is -2.34. The van der Waals surface area contributed by atoms with Crippen LogP contribution in [0.2, 0.25) is 0 Å². The smallest absolute Gasteiger partial charge is 0.353 e. The van der Waals surface area contributed by atoms with Gasteiger partial charge in [0.2, 0.25) is 6.10 Å². The van der Waals surface area contributed by atoms with E-state index < -0.39 is 79.4 Å². The molecule has 22 nitrogen and oxygen atoms in total. The van der Waals surface area contributed by atoms with Gasteiger partial charge in [0, 0.05) is 12.4 Å². The van der Waals surface area contributed by atoms with E-state index in [2.05, 4.69) is 37.9 Å². The third kappa shape index (κ3) is 23.1. The molecule has 1 aromatic heterocycles. The standard InChI is InChI=1S/C30H29NO8.C24H26O7.C14H16O6/c1-5-8-20-11-13-23(25(16-20)35-3)37-28(32)18-27(39-29(33)22-10-7-15-31-19-22)30(34)38-24-14-12-21(9-6-2)17-26(24)36-4;1-5-7-16-9-11-19(21(13-16)28-3)30-23(26)15-18(25)24(27)31-20-12-10-17(8-6-2)14-22(20)29-4;1-3-4-9-5-6-11(12(7-9)19-2)20-13(16)8-10(15)14(17)18/h5-7,10-17,19,27H,1-2,8-9,18H2,3-4H3;5-6,9-14,18,25H,1-2,7-8,15H2,3-4H3;3,5-7,10,15H,1,4,8H2,2H3,(H,17,18)/t27-;18-;10-/m000/s1. The quantitative estimate of drug-likeness (QED) is 0.0207. The largest absolute Gasteiger partial charge is 0.493 e. The molecule has 0 amide bonds. The highest BCUT2D eigenvalue weighted by Crippen LogP contribution is 2.34. The summed E-state index contributed by atoms with van der Waals surface area (Å²) in [6, 6.07) is 28.0. The Hall–Kier alpha value is -10.8. The van der Waals surface area contributed by atoms with Crippen molar-refractivity contribution in [3.63, 3.8) is 0 Å². The maximum atomic E-state index is 13.2. The van der Waals surface area contributed by atoms with Crippen LogP contribution in [0.5, 0.6) is 57.5 Å². The molecule has 1 heterocycles. The third-order valence-electron chi connectivity index (χ3n) is 12.2. The van der Waals surface area contributed by atoms with Gasteiger partial charge in [-0.15, -0.1) is 32.9 Å². The molecule has 90 heavy (non-hydrogen) atoms. The molecule has 0 unspecified atom stereocenters. The van der Waals surface area contributed by atoms with Crippen LogP contribution in [0.3, 0.4) is 0 Å². The van der Waals surface area contributed by atoms with Crippen LogP contribution in [0.25, 0.3) is 0 Å². The number of rotatable bonds is 31. The Morgan fingerprint density at radius 3 is 1.03 bits per heavy atom. The number of aliphatic carboxylic acids is 1. The first-order valence-corrected chi connectivity index (χ1v) is 27.4. The number of methoxy groups -OCH3 is 5. The first-order valence-electron chi connectivity index (χ1n) is 27.4. The lowest BCUT2D eigenvalue weighted by Gasteiger charge is -2.18. The van der Waals surface area contributed by atoms with Crippen LogP contribution in [-0.4, -0.2) is 116 Å².